The van der Waals surface area contributed by atoms with Crippen LogP contribution in [0.3, 0.4) is 0 Å². The fourth-order valence-electron chi connectivity index (χ4n) is 3.88. The first-order valence-corrected chi connectivity index (χ1v) is 13.0. The minimum atomic E-state index is -3.79. The van der Waals surface area contributed by atoms with E-state index < -0.39 is 15.9 Å². The maximum absolute atomic E-state index is 12.8. The number of fused-ring (bicyclic) bond motifs is 1. The maximum atomic E-state index is 12.8. The molecule has 0 atom stereocenters. The number of phenols is 1. The van der Waals surface area contributed by atoms with Crippen LogP contribution in [0, 0.1) is 13.8 Å². The van der Waals surface area contributed by atoms with Gasteiger partial charge >= 0.3 is 0 Å². The number of hydrogen-bond donors (Lipinski definition) is 3. The van der Waals surface area contributed by atoms with Gasteiger partial charge in [0, 0.05) is 17.6 Å². The number of hydrogen-bond acceptors (Lipinski definition) is 5. The second kappa shape index (κ2) is 10.8. The van der Waals surface area contributed by atoms with Gasteiger partial charge in [0.2, 0.25) is 10.0 Å². The van der Waals surface area contributed by atoms with Gasteiger partial charge in [-0.25, -0.2) is 13.1 Å². The summed E-state index contributed by atoms with van der Waals surface area (Å²) >= 11 is 0. The molecule has 8 heteroatoms. The molecular weight excluding hydrogens is 476 g/mol. The lowest BCUT2D eigenvalue weighted by Crippen LogP contribution is -2.26. The number of nitrogens with one attached hydrogen (secondary N) is 2. The van der Waals surface area contributed by atoms with Crippen molar-refractivity contribution in [2.75, 3.05) is 18.5 Å². The van der Waals surface area contributed by atoms with Crippen molar-refractivity contribution in [3.63, 3.8) is 0 Å². The van der Waals surface area contributed by atoms with E-state index >= 15 is 0 Å². The number of phenolic OH excluding ortho intramolecular Hbond substituents is 1. The Labute approximate surface area is 210 Å². The molecule has 0 bridgehead atoms. The lowest BCUT2D eigenvalue weighted by Gasteiger charge is -2.12. The number of benzene rings is 4. The number of carbonyl (C=O) groups is 1. The summed E-state index contributed by atoms with van der Waals surface area (Å²) in [6, 6.07) is 22.4. The van der Waals surface area contributed by atoms with E-state index in [-0.39, 0.29) is 22.8 Å². The highest BCUT2D eigenvalue weighted by atomic mass is 32.2. The number of ether oxygens (including phenoxy) is 1. The lowest BCUT2D eigenvalue weighted by atomic mass is 10.0. The van der Waals surface area contributed by atoms with E-state index in [9.17, 15) is 18.3 Å². The van der Waals surface area contributed by atoms with Crippen molar-refractivity contribution in [1.82, 2.24) is 4.72 Å². The first-order valence-electron chi connectivity index (χ1n) is 11.6. The fraction of sp³-hybridized carbons (Fsp3) is 0.179. The summed E-state index contributed by atoms with van der Waals surface area (Å²) in [5.74, 6) is 0.118. The number of amides is 1. The van der Waals surface area contributed by atoms with Crippen LogP contribution in [0.2, 0.25) is 0 Å². The Morgan fingerprint density at radius 1 is 0.944 bits per heavy atom. The molecule has 4 aromatic rings. The van der Waals surface area contributed by atoms with Crippen LogP contribution in [0.1, 0.15) is 27.9 Å². The molecule has 1 amide bonds. The fourth-order valence-corrected chi connectivity index (χ4v) is 5.00. The van der Waals surface area contributed by atoms with Gasteiger partial charge in [0.15, 0.2) is 0 Å². The third kappa shape index (κ3) is 5.84. The summed E-state index contributed by atoms with van der Waals surface area (Å²) in [6.45, 7) is 4.56. The van der Waals surface area contributed by atoms with Crippen molar-refractivity contribution < 1.29 is 23.1 Å². The standard InChI is InChI=1S/C28H28N2O5S/c1-19-11-14-26(20(2)17-19)35-16-6-15-29-36(33,34)23-9-5-8-22(18-23)30-28(32)25-13-12-21-7-3-4-10-24(21)27(25)31/h3-5,7-14,17-18,29,31H,6,15-16H2,1-2H3,(H,30,32). The molecule has 0 aromatic heterocycles. The van der Waals surface area contributed by atoms with E-state index in [0.717, 1.165) is 22.3 Å². The first kappa shape index (κ1) is 25.2. The molecule has 0 fully saturated rings. The van der Waals surface area contributed by atoms with Crippen molar-refractivity contribution in [2.45, 2.75) is 25.2 Å². The van der Waals surface area contributed by atoms with Crippen molar-refractivity contribution in [3.05, 3.63) is 95.6 Å². The molecule has 36 heavy (non-hydrogen) atoms. The number of sulfonamides is 1. The van der Waals surface area contributed by atoms with E-state index in [2.05, 4.69) is 10.0 Å². The van der Waals surface area contributed by atoms with Crippen LogP contribution in [0.5, 0.6) is 11.5 Å². The van der Waals surface area contributed by atoms with Gasteiger partial charge in [-0.1, -0.05) is 54.1 Å². The Morgan fingerprint density at radius 3 is 2.56 bits per heavy atom. The monoisotopic (exact) mass is 504 g/mol. The van der Waals surface area contributed by atoms with Crippen molar-refractivity contribution in [2.24, 2.45) is 0 Å². The van der Waals surface area contributed by atoms with Crippen LogP contribution in [-0.2, 0) is 10.0 Å². The lowest BCUT2D eigenvalue weighted by molar-refractivity contribution is 0.102. The van der Waals surface area contributed by atoms with Gasteiger partial charge in [0.25, 0.3) is 5.91 Å². The molecule has 0 radical (unpaired) electrons. The van der Waals surface area contributed by atoms with Crippen LogP contribution in [0.25, 0.3) is 10.8 Å². The topological polar surface area (TPSA) is 105 Å². The predicted molar refractivity (Wildman–Crippen MR) is 141 cm³/mol. The summed E-state index contributed by atoms with van der Waals surface area (Å²) in [4.78, 5) is 12.8. The Balaban J connectivity index is 1.36. The average molecular weight is 505 g/mol. The predicted octanol–water partition coefficient (Wildman–Crippen LogP) is 5.16. The van der Waals surface area contributed by atoms with E-state index in [1.165, 1.54) is 18.2 Å². The Bertz CT molecular complexity index is 1520. The van der Waals surface area contributed by atoms with Gasteiger partial charge in [-0.05, 0) is 61.5 Å². The first-order chi connectivity index (χ1) is 17.2. The molecular formula is C28H28N2O5S. The Kier molecular flexibility index (Phi) is 7.57. The normalized spacial score (nSPS) is 11.4. The van der Waals surface area contributed by atoms with Gasteiger partial charge in [0.1, 0.15) is 11.5 Å². The van der Waals surface area contributed by atoms with E-state index in [4.69, 9.17) is 4.74 Å². The van der Waals surface area contributed by atoms with E-state index in [0.29, 0.717) is 24.1 Å². The SMILES string of the molecule is Cc1ccc(OCCCNS(=O)(=O)c2cccc(NC(=O)c3ccc4ccccc4c3O)c2)c(C)c1. The number of anilines is 1. The van der Waals surface area contributed by atoms with Crippen LogP contribution < -0.4 is 14.8 Å². The van der Waals surface area contributed by atoms with Gasteiger partial charge < -0.3 is 15.2 Å². The van der Waals surface area contributed by atoms with Crippen LogP contribution >= 0.6 is 0 Å². The summed E-state index contributed by atoms with van der Waals surface area (Å²) in [6.07, 6.45) is 0.490. The van der Waals surface area contributed by atoms with Crippen LogP contribution in [-0.4, -0.2) is 32.6 Å². The smallest absolute Gasteiger partial charge is 0.259 e. The average Bonchev–Trinajstić information content (AvgIpc) is 2.85. The molecule has 4 aromatic carbocycles. The minimum absolute atomic E-state index is 0.0262. The quantitative estimate of drug-likeness (QED) is 0.273. The molecule has 186 valence electrons. The largest absolute Gasteiger partial charge is 0.506 e. The zero-order chi connectivity index (χ0) is 25.7. The molecule has 4 rings (SSSR count). The zero-order valence-electron chi connectivity index (χ0n) is 20.1. The van der Waals surface area contributed by atoms with Gasteiger partial charge in [-0.15, -0.1) is 0 Å². The van der Waals surface area contributed by atoms with Crippen LogP contribution in [0.15, 0.2) is 83.8 Å². The van der Waals surface area contributed by atoms with Crippen molar-refractivity contribution in [1.29, 1.82) is 0 Å². The molecule has 0 heterocycles. The highest BCUT2D eigenvalue weighted by Gasteiger charge is 2.17. The summed E-state index contributed by atoms with van der Waals surface area (Å²) < 4.78 is 33.8. The summed E-state index contributed by atoms with van der Waals surface area (Å²) in [7, 11) is -3.79. The van der Waals surface area contributed by atoms with Gasteiger partial charge in [-0.3, -0.25) is 4.79 Å². The minimum Gasteiger partial charge on any atom is -0.506 e. The molecule has 7 nitrogen and oxygen atoms in total. The molecule has 0 saturated carbocycles. The number of carbonyl (C=O) groups excluding carboxylic acids is 1. The third-order valence-corrected chi connectivity index (χ3v) is 7.21. The van der Waals surface area contributed by atoms with Gasteiger partial charge in [-0.2, -0.15) is 0 Å². The molecule has 0 saturated heterocycles. The molecule has 0 aliphatic rings. The Morgan fingerprint density at radius 2 is 1.75 bits per heavy atom. The second-order valence-corrected chi connectivity index (χ2v) is 10.3. The Hall–Kier alpha value is -3.88. The van der Waals surface area contributed by atoms with E-state index in [1.807, 2.05) is 44.2 Å². The molecule has 0 aliphatic carbocycles. The zero-order valence-corrected chi connectivity index (χ0v) is 20.9. The molecule has 0 aliphatic heterocycles. The number of aromatic hydroxyl groups is 1. The molecule has 0 spiro atoms. The highest BCUT2D eigenvalue weighted by molar-refractivity contribution is 7.89. The third-order valence-electron chi connectivity index (χ3n) is 5.75. The van der Waals surface area contributed by atoms with E-state index in [1.54, 1.807) is 30.3 Å². The summed E-state index contributed by atoms with van der Waals surface area (Å²) in [5.41, 5.74) is 2.59. The second-order valence-electron chi connectivity index (χ2n) is 8.53. The maximum Gasteiger partial charge on any atom is 0.259 e. The number of rotatable bonds is 9. The molecule has 3 N–H and O–H groups in total. The summed E-state index contributed by atoms with van der Waals surface area (Å²) in [5, 5.41) is 14.6. The van der Waals surface area contributed by atoms with Crippen molar-refractivity contribution >= 4 is 32.4 Å². The molecule has 0 unspecified atom stereocenters. The van der Waals surface area contributed by atoms with Crippen molar-refractivity contribution in [3.8, 4) is 11.5 Å². The van der Waals surface area contributed by atoms with Gasteiger partial charge in [0.05, 0.1) is 17.1 Å². The number of aryl methyl sites for hydroxylation is 2. The highest BCUT2D eigenvalue weighted by Crippen LogP contribution is 2.29. The van der Waals surface area contributed by atoms with Crippen LogP contribution in [0.4, 0.5) is 5.69 Å².